The van der Waals surface area contributed by atoms with Gasteiger partial charge in [-0.3, -0.25) is 0 Å². The number of rotatable bonds is 24. The maximum atomic E-state index is 10.0. The number of imidazole rings is 3. The maximum Gasteiger partial charge on any atom is 0.0933 e. The normalized spacial score (nSPS) is 11.5. The number of aliphatic hydroxyl groups is 3. The third-order valence-electron chi connectivity index (χ3n) is 7.56. The number of nitrogens with one attached hydrogen (secondary N) is 3. The first kappa shape index (κ1) is 64.9. The summed E-state index contributed by atoms with van der Waals surface area (Å²) in [6.07, 6.45) is 24.9. The average Bonchev–Trinajstić information content (AvgIpc) is 4.07. The summed E-state index contributed by atoms with van der Waals surface area (Å²) >= 11 is 0. The first-order chi connectivity index (χ1) is 29.9. The van der Waals surface area contributed by atoms with Crippen LogP contribution in [0.2, 0.25) is 0 Å². The Morgan fingerprint density at radius 3 is 0.859 bits per heavy atom. The van der Waals surface area contributed by atoms with Crippen LogP contribution >= 0.6 is 0 Å². The molecule has 64 heavy (non-hydrogen) atoms. The van der Waals surface area contributed by atoms with Gasteiger partial charge in [0.05, 0.1) is 109 Å². The van der Waals surface area contributed by atoms with Crippen LogP contribution in [0.3, 0.4) is 0 Å². The molecule has 0 radical (unpaired) electrons. The predicted octanol–water partition coefficient (Wildman–Crippen LogP) is -2.28. The SMILES string of the molecule is CCCCCCC(O)C(=O)[O-].CCCCCCC(O)C(=O)[O-].CCCCCCC(O)C(=O)[O-].O=C([O-])C=Cc1cnc[nH]1.O=C([O-])C=Cc1cnc[nH]1.O=C([O-])C=Cc1cnc[nH]1.[Mo]. The van der Waals surface area contributed by atoms with Crippen molar-refractivity contribution in [2.24, 2.45) is 0 Å². The van der Waals surface area contributed by atoms with Crippen molar-refractivity contribution in [3.63, 3.8) is 0 Å². The van der Waals surface area contributed by atoms with Crippen molar-refractivity contribution in [2.75, 3.05) is 0 Å². The summed E-state index contributed by atoms with van der Waals surface area (Å²) in [5.74, 6) is -7.72. The van der Waals surface area contributed by atoms with E-state index in [1.54, 1.807) is 0 Å². The Bertz CT molecular complexity index is 1490. The maximum absolute atomic E-state index is 10.0. The van der Waals surface area contributed by atoms with E-state index in [1.165, 1.54) is 55.8 Å². The van der Waals surface area contributed by atoms with Gasteiger partial charge in [-0.15, -0.1) is 0 Å². The van der Waals surface area contributed by atoms with Gasteiger partial charge in [-0.05, 0) is 55.7 Å². The largest absolute Gasteiger partial charge is 0.547 e. The summed E-state index contributed by atoms with van der Waals surface area (Å²) in [6.45, 7) is 6.24. The first-order valence-corrected chi connectivity index (χ1v) is 20.2. The Balaban J connectivity index is -0.000000336. The summed E-state index contributed by atoms with van der Waals surface area (Å²) in [5.41, 5.74) is 1.93. The average molecular weight is 985 g/mol. The second-order valence-corrected chi connectivity index (χ2v) is 13.0. The van der Waals surface area contributed by atoms with Crippen LogP contribution in [0.4, 0.5) is 0 Å². The van der Waals surface area contributed by atoms with Crippen LogP contribution in [0, 0.1) is 0 Å². The van der Waals surface area contributed by atoms with E-state index < -0.39 is 54.1 Å². The molecule has 0 spiro atoms. The van der Waals surface area contributed by atoms with E-state index in [-0.39, 0.29) is 21.1 Å². The van der Waals surface area contributed by atoms with E-state index in [0.717, 1.165) is 95.3 Å². The Morgan fingerprint density at radius 2 is 0.703 bits per heavy atom. The molecule has 3 unspecified atom stereocenters. The summed E-state index contributed by atoms with van der Waals surface area (Å²) in [7, 11) is 0. The van der Waals surface area contributed by atoms with Gasteiger partial charge in [0, 0.05) is 21.1 Å². The Hall–Kier alpha value is -5.76. The van der Waals surface area contributed by atoms with Gasteiger partial charge in [-0.25, -0.2) is 15.0 Å². The van der Waals surface area contributed by atoms with Crippen LogP contribution in [-0.2, 0) is 49.8 Å². The number of unbranched alkanes of at least 4 members (excludes halogenated alkanes) is 9. The van der Waals surface area contributed by atoms with Crippen molar-refractivity contribution in [1.82, 2.24) is 29.9 Å². The molecule has 3 heterocycles. The third kappa shape index (κ3) is 47.3. The quantitative estimate of drug-likeness (QED) is 0.0313. The van der Waals surface area contributed by atoms with Crippen molar-refractivity contribution in [2.45, 2.75) is 135 Å². The fourth-order valence-corrected chi connectivity index (χ4v) is 4.19. The molecule has 3 rings (SSSR count). The number of carboxylic acid groups (broad SMARTS) is 6. The summed E-state index contributed by atoms with van der Waals surface area (Å²) in [6, 6.07) is 0. The second kappa shape index (κ2) is 45.3. The minimum atomic E-state index is -1.36. The van der Waals surface area contributed by atoms with Crippen LogP contribution in [0.5, 0.6) is 0 Å². The zero-order chi connectivity index (χ0) is 48.3. The van der Waals surface area contributed by atoms with E-state index in [9.17, 15) is 59.4 Å². The number of aliphatic hydroxyl groups excluding tert-OH is 3. The number of aromatic nitrogens is 6. The molecule has 0 amide bonds. The molecule has 0 aliphatic heterocycles. The van der Waals surface area contributed by atoms with E-state index >= 15 is 0 Å². The minimum Gasteiger partial charge on any atom is -0.547 e. The molecular formula is C42H60MoN6O15-6. The first-order valence-electron chi connectivity index (χ1n) is 20.2. The van der Waals surface area contributed by atoms with Gasteiger partial charge >= 0.3 is 0 Å². The summed E-state index contributed by atoms with van der Waals surface area (Å²) < 4.78 is 0. The number of hydrogen-bond acceptors (Lipinski definition) is 18. The number of aliphatic carboxylic acids is 6. The van der Waals surface area contributed by atoms with Crippen molar-refractivity contribution < 1.29 is 95.8 Å². The van der Waals surface area contributed by atoms with Crippen molar-refractivity contribution in [3.05, 3.63) is 72.9 Å². The number of H-pyrrole nitrogens is 3. The van der Waals surface area contributed by atoms with Crippen molar-refractivity contribution in [3.8, 4) is 0 Å². The number of carboxylic acids is 6. The van der Waals surface area contributed by atoms with Crippen LogP contribution < -0.4 is 30.6 Å². The number of carbonyl (C=O) groups excluding carboxylic acids is 6. The Morgan fingerprint density at radius 1 is 0.469 bits per heavy atom. The zero-order valence-electron chi connectivity index (χ0n) is 36.3. The van der Waals surface area contributed by atoms with Crippen molar-refractivity contribution >= 4 is 54.0 Å². The molecule has 22 heteroatoms. The molecule has 0 fully saturated rings. The van der Waals surface area contributed by atoms with Crippen molar-refractivity contribution in [1.29, 1.82) is 0 Å². The van der Waals surface area contributed by atoms with E-state index in [2.05, 4.69) is 50.7 Å². The molecule has 0 saturated heterocycles. The molecule has 3 aromatic heterocycles. The molecule has 6 N–H and O–H groups in total. The number of hydrogen-bond donors (Lipinski definition) is 6. The van der Waals surface area contributed by atoms with E-state index in [0.29, 0.717) is 36.3 Å². The molecule has 3 atom stereocenters. The standard InChI is InChI=1S/3C8H16O3.3C6H6N2O2.Mo/c3*1-2-3-4-5-6-7(9)8(10)11;3*9-6(10)2-1-5-3-7-4-8-5;/h3*7,9H,2-6H2,1H3,(H,10,11);3*1-4H,(H,7,8)(H,9,10);/p-6. The number of aromatic amines is 3. The molecule has 0 bridgehead atoms. The van der Waals surface area contributed by atoms with Crippen LogP contribution in [0.1, 0.15) is 134 Å². The molecule has 360 valence electrons. The topological polar surface area (TPSA) is 388 Å². The molecule has 3 aromatic rings. The van der Waals surface area contributed by atoms with Crippen LogP contribution in [0.15, 0.2) is 55.8 Å². The van der Waals surface area contributed by atoms with Gasteiger partial charge < -0.3 is 89.7 Å². The predicted molar refractivity (Wildman–Crippen MR) is 217 cm³/mol. The molecule has 0 aliphatic carbocycles. The number of nitrogens with zero attached hydrogens (tertiary/aromatic N) is 3. The van der Waals surface area contributed by atoms with Gasteiger partial charge in [0.1, 0.15) is 0 Å². The monoisotopic (exact) mass is 986 g/mol. The van der Waals surface area contributed by atoms with E-state index in [4.69, 9.17) is 15.3 Å². The summed E-state index contributed by atoms with van der Waals surface area (Å²) in [5, 5.41) is 85.9. The Kier molecular flexibility index (Phi) is 45.9. The van der Waals surface area contributed by atoms with Crippen LogP contribution in [-0.4, -0.2) is 99.4 Å². The van der Waals surface area contributed by atoms with Gasteiger partial charge in [0.2, 0.25) is 0 Å². The van der Waals surface area contributed by atoms with Gasteiger partial charge in [-0.1, -0.05) is 97.8 Å². The fraction of sp³-hybridized carbons (Fsp3) is 0.500. The minimum absolute atomic E-state index is 0. The molecule has 0 saturated carbocycles. The third-order valence-corrected chi connectivity index (χ3v) is 7.56. The van der Waals surface area contributed by atoms with Gasteiger partial charge in [0.15, 0.2) is 0 Å². The Labute approximate surface area is 386 Å². The van der Waals surface area contributed by atoms with Gasteiger partial charge in [-0.2, -0.15) is 0 Å². The number of carbonyl (C=O) groups is 6. The smallest absolute Gasteiger partial charge is 0.0933 e. The second-order valence-electron chi connectivity index (χ2n) is 13.0. The molecule has 0 aromatic carbocycles. The fourth-order valence-electron chi connectivity index (χ4n) is 4.19. The van der Waals surface area contributed by atoms with Gasteiger partial charge in [0.25, 0.3) is 0 Å². The molecule has 0 aliphatic rings. The van der Waals surface area contributed by atoms with E-state index in [1.807, 2.05) is 0 Å². The molecular weight excluding hydrogens is 924 g/mol. The zero-order valence-corrected chi connectivity index (χ0v) is 38.3. The molecule has 21 nitrogen and oxygen atoms in total. The summed E-state index contributed by atoms with van der Waals surface area (Å²) in [4.78, 5) is 78.7. The van der Waals surface area contributed by atoms with Crippen LogP contribution in [0.25, 0.3) is 18.2 Å².